The number of ether oxygens (including phenoxy) is 1. The monoisotopic (exact) mass is 297 g/mol. The van der Waals surface area contributed by atoms with E-state index in [-0.39, 0.29) is 17.2 Å². The molecular weight excluding hydrogens is 278 g/mol. The van der Waals surface area contributed by atoms with E-state index in [0.717, 1.165) is 11.1 Å². The Kier molecular flexibility index (Phi) is 6.38. The summed E-state index contributed by atoms with van der Waals surface area (Å²) in [5.74, 6) is -1.91. The van der Waals surface area contributed by atoms with Gasteiger partial charge < -0.3 is 15.2 Å². The lowest BCUT2D eigenvalue weighted by atomic mass is 10.2. The molecule has 0 aliphatic rings. The van der Waals surface area contributed by atoms with Crippen LogP contribution in [-0.4, -0.2) is 46.4 Å². The van der Waals surface area contributed by atoms with Crippen LogP contribution < -0.4 is 5.32 Å². The molecule has 1 rings (SSSR count). The number of hydrogen-bond donors (Lipinski definition) is 2. The highest BCUT2D eigenvalue weighted by Crippen LogP contribution is 2.07. The molecule has 0 aromatic carbocycles. The van der Waals surface area contributed by atoms with Gasteiger partial charge in [-0.2, -0.15) is 5.10 Å². The number of unbranched alkanes of at least 4 members (excludes halogenated alkanes) is 2. The van der Waals surface area contributed by atoms with Crippen molar-refractivity contribution in [3.05, 3.63) is 17.5 Å². The van der Waals surface area contributed by atoms with Crippen molar-refractivity contribution in [3.63, 3.8) is 0 Å². The number of carbonyl (C=O) groups excluding carboxylic acids is 2. The van der Waals surface area contributed by atoms with Crippen LogP contribution in [0.25, 0.3) is 0 Å². The van der Waals surface area contributed by atoms with Crippen molar-refractivity contribution in [1.82, 2.24) is 15.1 Å². The minimum Gasteiger partial charge on any atom is -0.477 e. The lowest BCUT2D eigenvalue weighted by Gasteiger charge is -2.05. The van der Waals surface area contributed by atoms with Crippen LogP contribution in [0.5, 0.6) is 0 Å². The Morgan fingerprint density at radius 1 is 1.33 bits per heavy atom. The molecule has 1 amide bonds. The van der Waals surface area contributed by atoms with Crippen LogP contribution in [0.4, 0.5) is 0 Å². The zero-order chi connectivity index (χ0) is 15.8. The lowest BCUT2D eigenvalue weighted by Crippen LogP contribution is -2.26. The molecule has 1 aromatic heterocycles. The van der Waals surface area contributed by atoms with Gasteiger partial charge in [-0.1, -0.05) is 6.42 Å². The zero-order valence-electron chi connectivity index (χ0n) is 12.1. The second-order valence-corrected chi connectivity index (χ2v) is 4.48. The van der Waals surface area contributed by atoms with E-state index in [0.29, 0.717) is 25.8 Å². The van der Waals surface area contributed by atoms with Crippen molar-refractivity contribution in [1.29, 1.82) is 0 Å². The summed E-state index contributed by atoms with van der Waals surface area (Å²) in [6, 6.07) is 0. The number of aromatic carboxylic acids is 1. The van der Waals surface area contributed by atoms with E-state index in [1.807, 2.05) is 0 Å². The Balaban J connectivity index is 2.35. The third kappa shape index (κ3) is 4.90. The molecule has 0 saturated heterocycles. The third-order valence-electron chi connectivity index (χ3n) is 2.96. The maximum absolute atomic E-state index is 11.9. The molecule has 0 fully saturated rings. The van der Waals surface area contributed by atoms with Gasteiger partial charge in [0.25, 0.3) is 5.91 Å². The molecule has 0 spiro atoms. The Labute approximate surface area is 122 Å². The molecule has 0 aliphatic carbocycles. The van der Waals surface area contributed by atoms with Gasteiger partial charge in [0.2, 0.25) is 0 Å². The van der Waals surface area contributed by atoms with Crippen molar-refractivity contribution < 1.29 is 24.2 Å². The Morgan fingerprint density at radius 2 is 2.05 bits per heavy atom. The summed E-state index contributed by atoms with van der Waals surface area (Å²) < 4.78 is 5.66. The van der Waals surface area contributed by atoms with Crippen LogP contribution >= 0.6 is 0 Å². The van der Waals surface area contributed by atoms with Gasteiger partial charge in [0.1, 0.15) is 0 Å². The zero-order valence-corrected chi connectivity index (χ0v) is 12.1. The Hall–Kier alpha value is -2.38. The molecule has 1 heterocycles. The molecule has 0 unspecified atom stereocenters. The quantitative estimate of drug-likeness (QED) is 0.536. The van der Waals surface area contributed by atoms with Crippen molar-refractivity contribution in [3.8, 4) is 0 Å². The first kappa shape index (κ1) is 16.7. The fraction of sp³-hybridized carbons (Fsp3) is 0.538. The van der Waals surface area contributed by atoms with E-state index in [1.54, 1.807) is 0 Å². The van der Waals surface area contributed by atoms with Crippen molar-refractivity contribution in [2.75, 3.05) is 13.7 Å². The van der Waals surface area contributed by atoms with Gasteiger partial charge in [0, 0.05) is 20.0 Å². The van der Waals surface area contributed by atoms with Crippen LogP contribution in [0.1, 0.15) is 46.5 Å². The van der Waals surface area contributed by atoms with Crippen molar-refractivity contribution in [2.24, 2.45) is 7.05 Å². The van der Waals surface area contributed by atoms with Gasteiger partial charge in [-0.25, -0.2) is 4.79 Å². The number of carbonyl (C=O) groups is 3. The third-order valence-corrected chi connectivity index (χ3v) is 2.96. The van der Waals surface area contributed by atoms with E-state index < -0.39 is 11.9 Å². The number of aromatic nitrogens is 2. The smallest absolute Gasteiger partial charge is 0.354 e. The van der Waals surface area contributed by atoms with E-state index in [4.69, 9.17) is 5.11 Å². The molecule has 2 N–H and O–H groups in total. The SMILES string of the molecule is COC(=O)CCCCCNC(=O)c1cnn(C)c1C(=O)O. The topological polar surface area (TPSA) is 111 Å². The van der Waals surface area contributed by atoms with Crippen LogP contribution in [0.3, 0.4) is 0 Å². The number of methoxy groups -OCH3 is 1. The summed E-state index contributed by atoms with van der Waals surface area (Å²) in [6.07, 6.45) is 3.75. The maximum atomic E-state index is 11.9. The number of carboxylic acid groups (broad SMARTS) is 1. The molecule has 116 valence electrons. The summed E-state index contributed by atoms with van der Waals surface area (Å²) in [4.78, 5) is 33.8. The molecule has 0 radical (unpaired) electrons. The second kappa shape index (κ2) is 8.03. The molecule has 0 atom stereocenters. The number of rotatable bonds is 8. The average Bonchev–Trinajstić information content (AvgIpc) is 2.84. The van der Waals surface area contributed by atoms with E-state index in [9.17, 15) is 14.4 Å². The summed E-state index contributed by atoms with van der Waals surface area (Å²) in [6.45, 7) is 0.411. The van der Waals surface area contributed by atoms with E-state index in [1.165, 1.54) is 20.4 Å². The number of amides is 1. The molecule has 8 nitrogen and oxygen atoms in total. The van der Waals surface area contributed by atoms with Crippen LogP contribution in [0.15, 0.2) is 6.20 Å². The van der Waals surface area contributed by atoms with Gasteiger partial charge in [0.15, 0.2) is 5.69 Å². The minimum absolute atomic E-state index is 0.0413. The lowest BCUT2D eigenvalue weighted by molar-refractivity contribution is -0.140. The average molecular weight is 297 g/mol. The summed E-state index contributed by atoms with van der Waals surface area (Å²) in [5, 5.41) is 15.4. The molecule has 1 aromatic rings. The van der Waals surface area contributed by atoms with Crippen LogP contribution in [0, 0.1) is 0 Å². The molecule has 21 heavy (non-hydrogen) atoms. The van der Waals surface area contributed by atoms with E-state index in [2.05, 4.69) is 15.2 Å². The highest BCUT2D eigenvalue weighted by Gasteiger charge is 2.20. The van der Waals surface area contributed by atoms with Crippen LogP contribution in [-0.2, 0) is 16.6 Å². The minimum atomic E-state index is -1.20. The summed E-state index contributed by atoms with van der Waals surface area (Å²) in [5.41, 5.74) is -0.0993. The standard InChI is InChI=1S/C13H19N3O5/c1-16-11(13(19)20)9(8-15-16)12(18)14-7-5-3-4-6-10(17)21-2/h8H,3-7H2,1-2H3,(H,14,18)(H,19,20). The molecule has 8 heteroatoms. The fourth-order valence-corrected chi connectivity index (χ4v) is 1.83. The number of nitrogens with zero attached hydrogens (tertiary/aromatic N) is 2. The largest absolute Gasteiger partial charge is 0.477 e. The summed E-state index contributed by atoms with van der Waals surface area (Å²) in [7, 11) is 2.81. The van der Waals surface area contributed by atoms with Crippen molar-refractivity contribution in [2.45, 2.75) is 25.7 Å². The number of esters is 1. The van der Waals surface area contributed by atoms with Gasteiger partial charge in [-0.05, 0) is 12.8 Å². The van der Waals surface area contributed by atoms with Gasteiger partial charge >= 0.3 is 11.9 Å². The molecule has 0 bridgehead atoms. The maximum Gasteiger partial charge on any atom is 0.354 e. The van der Waals surface area contributed by atoms with Gasteiger partial charge in [-0.15, -0.1) is 0 Å². The second-order valence-electron chi connectivity index (χ2n) is 4.48. The van der Waals surface area contributed by atoms with Crippen molar-refractivity contribution >= 4 is 17.8 Å². The first-order chi connectivity index (χ1) is 9.97. The Bertz CT molecular complexity index is 524. The van der Waals surface area contributed by atoms with E-state index >= 15 is 0 Å². The highest BCUT2D eigenvalue weighted by molar-refractivity contribution is 6.03. The predicted molar refractivity (Wildman–Crippen MR) is 73.0 cm³/mol. The first-order valence-electron chi connectivity index (χ1n) is 6.57. The normalized spacial score (nSPS) is 10.2. The number of carboxylic acids is 1. The molecule has 0 aliphatic heterocycles. The van der Waals surface area contributed by atoms with Gasteiger partial charge in [0.05, 0.1) is 18.9 Å². The van der Waals surface area contributed by atoms with Crippen LogP contribution in [0.2, 0.25) is 0 Å². The number of nitrogens with one attached hydrogen (secondary N) is 1. The first-order valence-corrected chi connectivity index (χ1v) is 6.57. The Morgan fingerprint density at radius 3 is 2.67 bits per heavy atom. The molecule has 0 saturated carbocycles. The molecular formula is C13H19N3O5. The number of hydrogen-bond acceptors (Lipinski definition) is 5. The highest BCUT2D eigenvalue weighted by atomic mass is 16.5. The predicted octanol–water partition coefficient (Wildman–Crippen LogP) is 0.581. The number of aryl methyl sites for hydroxylation is 1. The summed E-state index contributed by atoms with van der Waals surface area (Å²) >= 11 is 0. The fourth-order valence-electron chi connectivity index (χ4n) is 1.83. The van der Waals surface area contributed by atoms with Gasteiger partial charge in [-0.3, -0.25) is 14.3 Å².